The van der Waals surface area contributed by atoms with Gasteiger partial charge in [-0.2, -0.15) is 0 Å². The van der Waals surface area contributed by atoms with Crippen LogP contribution in [0, 0.1) is 0 Å². The third-order valence-electron chi connectivity index (χ3n) is 2.79. The molecule has 0 fully saturated rings. The molecule has 0 aliphatic carbocycles. The van der Waals surface area contributed by atoms with Crippen LogP contribution in [0.4, 0.5) is 5.82 Å². The molecule has 1 amide bonds. The number of nitrogen functional groups attached to an aromatic ring is 1. The van der Waals surface area contributed by atoms with Crippen molar-refractivity contribution in [1.82, 2.24) is 20.3 Å². The third-order valence-corrected chi connectivity index (χ3v) is 2.79. The third kappa shape index (κ3) is 3.96. The van der Waals surface area contributed by atoms with E-state index in [1.54, 1.807) is 25.6 Å². The molecule has 0 unspecified atom stereocenters. The number of aromatic nitrogens is 3. The summed E-state index contributed by atoms with van der Waals surface area (Å²) in [6.07, 6.45) is 5.46. The van der Waals surface area contributed by atoms with Crippen LogP contribution >= 0.6 is 0 Å². The number of amides is 1. The average Bonchev–Trinajstić information content (AvgIpc) is 2.52. The number of hydrogen-bond acceptors (Lipinski definition) is 6. The zero-order valence-electron chi connectivity index (χ0n) is 11.7. The van der Waals surface area contributed by atoms with Gasteiger partial charge in [0.05, 0.1) is 5.56 Å². The van der Waals surface area contributed by atoms with Crippen LogP contribution in [-0.4, -0.2) is 41.1 Å². The molecular weight excluding hydrogens is 270 g/mol. The summed E-state index contributed by atoms with van der Waals surface area (Å²) in [6, 6.07) is 3.61. The van der Waals surface area contributed by atoms with Crippen molar-refractivity contribution in [3.05, 3.63) is 36.3 Å². The van der Waals surface area contributed by atoms with Crippen LogP contribution in [0.25, 0.3) is 11.4 Å². The number of methoxy groups -OCH3 is 1. The molecule has 2 rings (SSSR count). The minimum atomic E-state index is -0.290. The number of hydrogen-bond donors (Lipinski definition) is 2. The molecule has 0 aromatic carbocycles. The molecule has 0 saturated carbocycles. The Bertz CT molecular complexity index is 604. The largest absolute Gasteiger partial charge is 0.385 e. The zero-order chi connectivity index (χ0) is 15.1. The first-order valence-corrected chi connectivity index (χ1v) is 6.52. The first-order valence-electron chi connectivity index (χ1n) is 6.52. The van der Waals surface area contributed by atoms with Crippen molar-refractivity contribution in [2.24, 2.45) is 0 Å². The van der Waals surface area contributed by atoms with E-state index in [2.05, 4.69) is 20.3 Å². The Labute approximate surface area is 122 Å². The van der Waals surface area contributed by atoms with Crippen molar-refractivity contribution < 1.29 is 9.53 Å². The second-order valence-corrected chi connectivity index (χ2v) is 4.34. The van der Waals surface area contributed by atoms with Crippen LogP contribution in [0.1, 0.15) is 16.8 Å². The number of nitrogens with one attached hydrogen (secondary N) is 1. The Kier molecular flexibility index (Phi) is 5.16. The summed E-state index contributed by atoms with van der Waals surface area (Å²) in [5, 5.41) is 2.74. The number of carbonyl (C=O) groups is 1. The highest BCUT2D eigenvalue weighted by atomic mass is 16.5. The van der Waals surface area contributed by atoms with E-state index in [1.807, 2.05) is 6.07 Å². The first kappa shape index (κ1) is 14.9. The number of nitrogens with two attached hydrogens (primary N) is 1. The van der Waals surface area contributed by atoms with E-state index < -0.39 is 0 Å². The maximum Gasteiger partial charge on any atom is 0.256 e. The van der Waals surface area contributed by atoms with Crippen LogP contribution in [0.2, 0.25) is 0 Å². The lowest BCUT2D eigenvalue weighted by atomic mass is 10.2. The highest BCUT2D eigenvalue weighted by Gasteiger charge is 2.12. The van der Waals surface area contributed by atoms with Crippen molar-refractivity contribution in [2.75, 3.05) is 26.0 Å². The fourth-order valence-electron chi connectivity index (χ4n) is 1.72. The maximum atomic E-state index is 12.0. The standard InChI is InChI=1S/C14H17N5O2/c1-21-7-3-6-17-14(20)11-9-18-13(19-12(11)15)10-4-2-5-16-8-10/h2,4-5,8-9H,3,6-7H2,1H3,(H,17,20)(H2,15,18,19). The monoisotopic (exact) mass is 287 g/mol. The van der Waals surface area contributed by atoms with Crippen LogP contribution in [0.3, 0.4) is 0 Å². The SMILES string of the molecule is COCCCNC(=O)c1cnc(-c2cccnc2)nc1N. The lowest BCUT2D eigenvalue weighted by Crippen LogP contribution is -2.26. The minimum Gasteiger partial charge on any atom is -0.385 e. The van der Waals surface area contributed by atoms with Gasteiger partial charge < -0.3 is 15.8 Å². The van der Waals surface area contributed by atoms with Gasteiger partial charge in [-0.3, -0.25) is 9.78 Å². The number of nitrogens with zero attached hydrogens (tertiary/aromatic N) is 3. The summed E-state index contributed by atoms with van der Waals surface area (Å²) in [5.41, 5.74) is 6.84. The topological polar surface area (TPSA) is 103 Å². The van der Waals surface area contributed by atoms with Crippen LogP contribution in [0.15, 0.2) is 30.7 Å². The Morgan fingerprint density at radius 3 is 2.95 bits per heavy atom. The second kappa shape index (κ2) is 7.30. The van der Waals surface area contributed by atoms with Gasteiger partial charge in [-0.15, -0.1) is 0 Å². The quantitative estimate of drug-likeness (QED) is 0.765. The summed E-state index contributed by atoms with van der Waals surface area (Å²) in [4.78, 5) is 24.3. The molecular formula is C14H17N5O2. The van der Waals surface area contributed by atoms with Crippen molar-refractivity contribution >= 4 is 11.7 Å². The van der Waals surface area contributed by atoms with E-state index in [9.17, 15) is 4.79 Å². The van der Waals surface area contributed by atoms with Crippen molar-refractivity contribution in [1.29, 1.82) is 0 Å². The molecule has 110 valence electrons. The molecule has 0 saturated heterocycles. The normalized spacial score (nSPS) is 10.3. The summed E-state index contributed by atoms with van der Waals surface area (Å²) in [7, 11) is 1.62. The Hall–Kier alpha value is -2.54. The Balaban J connectivity index is 2.07. The Morgan fingerprint density at radius 2 is 2.29 bits per heavy atom. The second-order valence-electron chi connectivity index (χ2n) is 4.34. The molecule has 0 bridgehead atoms. The molecule has 2 aromatic rings. The fourth-order valence-corrected chi connectivity index (χ4v) is 1.72. The van der Waals surface area contributed by atoms with Gasteiger partial charge in [0.15, 0.2) is 5.82 Å². The van der Waals surface area contributed by atoms with Gasteiger partial charge in [0, 0.05) is 44.4 Å². The molecule has 0 atom stereocenters. The van der Waals surface area contributed by atoms with E-state index in [0.717, 1.165) is 12.0 Å². The van der Waals surface area contributed by atoms with E-state index in [1.165, 1.54) is 6.20 Å². The van der Waals surface area contributed by atoms with E-state index in [4.69, 9.17) is 10.5 Å². The highest BCUT2D eigenvalue weighted by molar-refractivity contribution is 5.98. The molecule has 0 aliphatic rings. The van der Waals surface area contributed by atoms with E-state index in [-0.39, 0.29) is 17.3 Å². The van der Waals surface area contributed by atoms with Crippen molar-refractivity contribution in [3.63, 3.8) is 0 Å². The fraction of sp³-hybridized carbons (Fsp3) is 0.286. The molecule has 7 nitrogen and oxygen atoms in total. The molecule has 2 aromatic heterocycles. The van der Waals surface area contributed by atoms with Crippen molar-refractivity contribution in [3.8, 4) is 11.4 Å². The van der Waals surface area contributed by atoms with Gasteiger partial charge in [0.2, 0.25) is 0 Å². The lowest BCUT2D eigenvalue weighted by Gasteiger charge is -2.07. The summed E-state index contributed by atoms with van der Waals surface area (Å²) in [6.45, 7) is 1.10. The van der Waals surface area contributed by atoms with Gasteiger partial charge in [-0.25, -0.2) is 9.97 Å². The van der Waals surface area contributed by atoms with Crippen LogP contribution in [-0.2, 0) is 4.74 Å². The molecule has 0 spiro atoms. The summed E-state index contributed by atoms with van der Waals surface area (Å²) < 4.78 is 4.91. The van der Waals surface area contributed by atoms with E-state index >= 15 is 0 Å². The zero-order valence-corrected chi connectivity index (χ0v) is 11.7. The summed E-state index contributed by atoms with van der Waals surface area (Å²) in [5.74, 6) is 0.297. The lowest BCUT2D eigenvalue weighted by molar-refractivity contribution is 0.0949. The molecule has 3 N–H and O–H groups in total. The minimum absolute atomic E-state index is 0.146. The van der Waals surface area contributed by atoms with Gasteiger partial charge in [-0.1, -0.05) is 0 Å². The molecule has 0 radical (unpaired) electrons. The van der Waals surface area contributed by atoms with Gasteiger partial charge in [0.25, 0.3) is 5.91 Å². The van der Waals surface area contributed by atoms with Crippen LogP contribution < -0.4 is 11.1 Å². The molecule has 0 aliphatic heterocycles. The Morgan fingerprint density at radius 1 is 1.43 bits per heavy atom. The predicted octanol–water partition coefficient (Wildman–Crippen LogP) is 0.887. The van der Waals surface area contributed by atoms with Gasteiger partial charge in [-0.05, 0) is 18.6 Å². The number of carbonyl (C=O) groups excluding carboxylic acids is 1. The van der Waals surface area contributed by atoms with Gasteiger partial charge in [0.1, 0.15) is 5.82 Å². The predicted molar refractivity (Wildman–Crippen MR) is 78.5 cm³/mol. The van der Waals surface area contributed by atoms with Crippen LogP contribution in [0.5, 0.6) is 0 Å². The molecule has 2 heterocycles. The number of ether oxygens (including phenoxy) is 1. The number of rotatable bonds is 6. The van der Waals surface area contributed by atoms with Crippen molar-refractivity contribution in [2.45, 2.75) is 6.42 Å². The average molecular weight is 287 g/mol. The molecule has 7 heteroatoms. The molecule has 21 heavy (non-hydrogen) atoms. The number of pyridine rings is 1. The first-order chi connectivity index (χ1) is 10.2. The highest BCUT2D eigenvalue weighted by Crippen LogP contribution is 2.16. The summed E-state index contributed by atoms with van der Waals surface area (Å²) >= 11 is 0. The maximum absolute atomic E-state index is 12.0. The van der Waals surface area contributed by atoms with Gasteiger partial charge >= 0.3 is 0 Å². The smallest absolute Gasteiger partial charge is 0.256 e. The van der Waals surface area contributed by atoms with E-state index in [0.29, 0.717) is 19.0 Å². The number of anilines is 1.